The van der Waals surface area contributed by atoms with E-state index in [1.165, 1.54) is 5.19 Å². The number of aliphatic hydroxyl groups is 1. The van der Waals surface area contributed by atoms with Gasteiger partial charge in [-0.2, -0.15) is 0 Å². The normalized spacial score (nSPS) is 12.4. The molecule has 0 saturated carbocycles. The number of benzene rings is 3. The zero-order chi connectivity index (χ0) is 17.8. The molecule has 0 aliphatic heterocycles. The van der Waals surface area contributed by atoms with Gasteiger partial charge < -0.3 is 5.11 Å². The lowest BCUT2D eigenvalue weighted by atomic mass is 9.86. The van der Waals surface area contributed by atoms with Gasteiger partial charge in [-0.3, -0.25) is 0 Å². The van der Waals surface area contributed by atoms with Crippen LogP contribution in [0.3, 0.4) is 0 Å². The van der Waals surface area contributed by atoms with Gasteiger partial charge in [-0.05, 0) is 11.1 Å². The molecule has 0 aliphatic rings. The first-order valence-corrected chi connectivity index (χ1v) is 11.7. The van der Waals surface area contributed by atoms with Gasteiger partial charge in [0.1, 0.15) is 13.7 Å². The molecule has 3 aromatic rings. The second-order valence-electron chi connectivity index (χ2n) is 6.92. The Balaban J connectivity index is 2.05. The fourth-order valence-corrected chi connectivity index (χ4v) is 4.94. The molecule has 1 nitrogen and oxygen atoms in total. The summed E-state index contributed by atoms with van der Waals surface area (Å²) >= 11 is 0. The van der Waals surface area contributed by atoms with Crippen LogP contribution in [0.5, 0.6) is 0 Å². The zero-order valence-corrected chi connectivity index (χ0v) is 15.8. The topological polar surface area (TPSA) is 20.2 Å². The third kappa shape index (κ3) is 3.81. The van der Waals surface area contributed by atoms with Crippen LogP contribution < -0.4 is 5.19 Å². The van der Waals surface area contributed by atoms with Crippen molar-refractivity contribution in [2.75, 3.05) is 0 Å². The standard InChI is InChI=1S/C23H24OSi/c1-25(2,22-16-10-5-11-17-22)19-18-23(24,20-12-6-3-7-13-20)21-14-8-4-9-15-21/h3-19,24H,1-2H3/b19-18+. The summed E-state index contributed by atoms with van der Waals surface area (Å²) < 4.78 is 0. The second-order valence-corrected chi connectivity index (χ2v) is 11.3. The lowest BCUT2D eigenvalue weighted by molar-refractivity contribution is 0.134. The van der Waals surface area contributed by atoms with E-state index in [2.05, 4.69) is 43.1 Å². The van der Waals surface area contributed by atoms with E-state index >= 15 is 0 Å². The lowest BCUT2D eigenvalue weighted by Crippen LogP contribution is -2.40. The Morgan fingerprint density at radius 2 is 1.08 bits per heavy atom. The SMILES string of the molecule is C[Si](C)(/C=C/C(O)(c1ccccc1)c1ccccc1)c1ccccc1. The summed E-state index contributed by atoms with van der Waals surface area (Å²) in [6.45, 7) is 4.60. The maximum absolute atomic E-state index is 11.6. The smallest absolute Gasteiger partial charge is 0.133 e. The van der Waals surface area contributed by atoms with Crippen molar-refractivity contribution in [1.82, 2.24) is 0 Å². The molecule has 0 heterocycles. The minimum atomic E-state index is -1.80. The van der Waals surface area contributed by atoms with Crippen molar-refractivity contribution in [3.8, 4) is 0 Å². The van der Waals surface area contributed by atoms with Crippen molar-refractivity contribution in [2.24, 2.45) is 0 Å². The average Bonchev–Trinajstić information content (AvgIpc) is 2.68. The van der Waals surface area contributed by atoms with Crippen molar-refractivity contribution in [3.05, 3.63) is 114 Å². The van der Waals surface area contributed by atoms with E-state index in [1.807, 2.05) is 72.8 Å². The molecule has 0 amide bonds. The molecule has 0 radical (unpaired) electrons. The Hall–Kier alpha value is -2.42. The molecule has 0 unspecified atom stereocenters. The summed E-state index contributed by atoms with van der Waals surface area (Å²) in [4.78, 5) is 0. The minimum absolute atomic E-state index is 0.885. The fourth-order valence-electron chi connectivity index (χ4n) is 3.04. The monoisotopic (exact) mass is 344 g/mol. The molecule has 126 valence electrons. The molecule has 3 rings (SSSR count). The van der Waals surface area contributed by atoms with E-state index in [1.54, 1.807) is 0 Å². The first-order chi connectivity index (χ1) is 12.0. The highest BCUT2D eigenvalue weighted by atomic mass is 28.3. The van der Waals surface area contributed by atoms with Gasteiger partial charge in [-0.15, -0.1) is 0 Å². The number of hydrogen-bond acceptors (Lipinski definition) is 1. The van der Waals surface area contributed by atoms with Crippen molar-refractivity contribution in [3.63, 3.8) is 0 Å². The molecule has 25 heavy (non-hydrogen) atoms. The molecule has 0 bridgehead atoms. The Morgan fingerprint density at radius 3 is 1.52 bits per heavy atom. The van der Waals surface area contributed by atoms with Crippen LogP contribution in [-0.4, -0.2) is 13.2 Å². The third-order valence-electron chi connectivity index (χ3n) is 4.69. The summed E-state index contributed by atoms with van der Waals surface area (Å²) in [5.41, 5.74) is 2.88. The molecule has 0 fully saturated rings. The molecule has 0 aromatic heterocycles. The van der Waals surface area contributed by atoms with Crippen LogP contribution in [0.4, 0.5) is 0 Å². The Kier molecular flexibility index (Phi) is 5.02. The van der Waals surface area contributed by atoms with Crippen LogP contribution in [-0.2, 0) is 5.60 Å². The van der Waals surface area contributed by atoms with Gasteiger partial charge in [0, 0.05) is 0 Å². The van der Waals surface area contributed by atoms with E-state index in [9.17, 15) is 5.11 Å². The van der Waals surface area contributed by atoms with Crippen LogP contribution in [0.2, 0.25) is 13.1 Å². The highest BCUT2D eigenvalue weighted by molar-refractivity contribution is 6.93. The fraction of sp³-hybridized carbons (Fsp3) is 0.130. The van der Waals surface area contributed by atoms with Crippen molar-refractivity contribution < 1.29 is 5.11 Å². The minimum Gasteiger partial charge on any atom is -0.377 e. The van der Waals surface area contributed by atoms with Gasteiger partial charge in [-0.25, -0.2) is 0 Å². The highest BCUT2D eigenvalue weighted by Gasteiger charge is 2.30. The van der Waals surface area contributed by atoms with Crippen LogP contribution in [0.25, 0.3) is 0 Å². The van der Waals surface area contributed by atoms with E-state index in [0.29, 0.717) is 0 Å². The Bertz CT molecular complexity index is 784. The van der Waals surface area contributed by atoms with Crippen molar-refractivity contribution in [1.29, 1.82) is 0 Å². The van der Waals surface area contributed by atoms with Gasteiger partial charge in [0.2, 0.25) is 0 Å². The molecular weight excluding hydrogens is 320 g/mol. The average molecular weight is 345 g/mol. The molecule has 3 aromatic carbocycles. The van der Waals surface area contributed by atoms with E-state index in [4.69, 9.17) is 0 Å². The molecule has 1 N–H and O–H groups in total. The summed E-state index contributed by atoms with van der Waals surface area (Å²) in [7, 11) is -1.80. The van der Waals surface area contributed by atoms with Crippen molar-refractivity contribution >= 4 is 13.3 Å². The van der Waals surface area contributed by atoms with Gasteiger partial charge in [0.05, 0.1) is 0 Å². The van der Waals surface area contributed by atoms with Crippen LogP contribution in [0, 0.1) is 0 Å². The predicted octanol–water partition coefficient (Wildman–Crippen LogP) is 4.63. The van der Waals surface area contributed by atoms with E-state index < -0.39 is 13.7 Å². The summed E-state index contributed by atoms with van der Waals surface area (Å²) in [6, 6.07) is 30.3. The van der Waals surface area contributed by atoms with Gasteiger partial charge in [0.15, 0.2) is 0 Å². The maximum Gasteiger partial charge on any atom is 0.133 e. The summed E-state index contributed by atoms with van der Waals surface area (Å²) in [5.74, 6) is 0. The maximum atomic E-state index is 11.6. The molecule has 0 aliphatic carbocycles. The first kappa shape index (κ1) is 17.4. The first-order valence-electron chi connectivity index (χ1n) is 8.62. The highest BCUT2D eigenvalue weighted by Crippen LogP contribution is 2.31. The molecular formula is C23H24OSi. The van der Waals surface area contributed by atoms with Crippen LogP contribution in [0.15, 0.2) is 103 Å². The number of rotatable bonds is 5. The van der Waals surface area contributed by atoms with Gasteiger partial charge >= 0.3 is 0 Å². The van der Waals surface area contributed by atoms with Gasteiger partial charge in [0.25, 0.3) is 0 Å². The van der Waals surface area contributed by atoms with Crippen LogP contribution >= 0.6 is 0 Å². The van der Waals surface area contributed by atoms with E-state index in [0.717, 1.165) is 11.1 Å². The summed E-state index contributed by atoms with van der Waals surface area (Å²) in [5, 5.41) is 13.0. The lowest BCUT2D eigenvalue weighted by Gasteiger charge is -2.28. The second kappa shape index (κ2) is 7.22. The Morgan fingerprint density at radius 1 is 0.680 bits per heavy atom. The van der Waals surface area contributed by atoms with E-state index in [-0.39, 0.29) is 0 Å². The molecule has 0 saturated heterocycles. The molecule has 0 atom stereocenters. The molecule has 2 heteroatoms. The number of hydrogen-bond donors (Lipinski definition) is 1. The predicted molar refractivity (Wildman–Crippen MR) is 109 cm³/mol. The van der Waals surface area contributed by atoms with Crippen molar-refractivity contribution in [2.45, 2.75) is 18.7 Å². The largest absolute Gasteiger partial charge is 0.377 e. The summed E-state index contributed by atoms with van der Waals surface area (Å²) in [6.07, 6.45) is 1.98. The van der Waals surface area contributed by atoms with Crippen LogP contribution in [0.1, 0.15) is 11.1 Å². The quantitative estimate of drug-likeness (QED) is 0.669. The van der Waals surface area contributed by atoms with Gasteiger partial charge in [-0.1, -0.05) is 121 Å². The Labute approximate surface area is 151 Å². The third-order valence-corrected chi connectivity index (χ3v) is 7.51. The molecule has 0 spiro atoms. The zero-order valence-electron chi connectivity index (χ0n) is 14.8.